The number of halogens is 2. The molecule has 0 bridgehead atoms. The van der Waals surface area contributed by atoms with Gasteiger partial charge in [0.25, 0.3) is 0 Å². The van der Waals surface area contributed by atoms with Gasteiger partial charge in [-0.2, -0.15) is 0 Å². The Bertz CT molecular complexity index is 558. The Morgan fingerprint density at radius 3 is 2.79 bits per heavy atom. The third kappa shape index (κ3) is 3.16. The maximum Gasteiger partial charge on any atom is 0.168 e. The number of benzene rings is 1. The van der Waals surface area contributed by atoms with Crippen molar-refractivity contribution in [2.24, 2.45) is 0 Å². The Balaban J connectivity index is 2.27. The first-order valence-electron chi connectivity index (χ1n) is 5.89. The molecule has 1 heterocycles. The largest absolute Gasteiger partial charge is 0.494 e. The molecule has 2 nitrogen and oxygen atoms in total. The molecular formula is C14H15BrFNOS. The summed E-state index contributed by atoms with van der Waals surface area (Å²) in [4.78, 5) is 1.17. The first-order valence-corrected chi connectivity index (χ1v) is 7.56. The lowest BCUT2D eigenvalue weighted by atomic mass is 10.0. The fourth-order valence-electron chi connectivity index (χ4n) is 1.97. The zero-order valence-electron chi connectivity index (χ0n) is 10.7. The maximum atomic E-state index is 14.2. The van der Waals surface area contributed by atoms with Crippen LogP contribution < -0.4 is 10.1 Å². The molecule has 0 aliphatic heterocycles. The van der Waals surface area contributed by atoms with E-state index in [0.717, 1.165) is 4.47 Å². The van der Waals surface area contributed by atoms with E-state index in [1.807, 2.05) is 24.6 Å². The van der Waals surface area contributed by atoms with Crippen LogP contribution in [0.4, 0.5) is 4.39 Å². The second-order valence-electron chi connectivity index (χ2n) is 4.11. The van der Waals surface area contributed by atoms with Crippen LogP contribution in [0.5, 0.6) is 5.75 Å². The van der Waals surface area contributed by atoms with Crippen molar-refractivity contribution in [3.8, 4) is 5.75 Å². The zero-order valence-corrected chi connectivity index (χ0v) is 13.1. The number of thiophene rings is 1. The van der Waals surface area contributed by atoms with E-state index in [2.05, 4.69) is 21.2 Å². The lowest BCUT2D eigenvalue weighted by Crippen LogP contribution is -2.18. The average molecular weight is 344 g/mol. The topological polar surface area (TPSA) is 21.3 Å². The van der Waals surface area contributed by atoms with E-state index in [1.54, 1.807) is 23.5 Å². The summed E-state index contributed by atoms with van der Waals surface area (Å²) < 4.78 is 20.2. The molecule has 0 aliphatic carbocycles. The van der Waals surface area contributed by atoms with Crippen LogP contribution in [0.1, 0.15) is 16.5 Å². The summed E-state index contributed by atoms with van der Waals surface area (Å²) in [6.45, 7) is 0. The molecule has 0 aliphatic rings. The highest BCUT2D eigenvalue weighted by molar-refractivity contribution is 9.10. The molecule has 1 N–H and O–H groups in total. The lowest BCUT2D eigenvalue weighted by molar-refractivity contribution is 0.383. The highest BCUT2D eigenvalue weighted by Crippen LogP contribution is 2.32. The molecule has 0 radical (unpaired) electrons. The van der Waals surface area contributed by atoms with Gasteiger partial charge in [-0.3, -0.25) is 0 Å². The summed E-state index contributed by atoms with van der Waals surface area (Å²) in [5.74, 6) is 0.00975. The van der Waals surface area contributed by atoms with E-state index < -0.39 is 0 Å². The fraction of sp³-hybridized carbons (Fsp3) is 0.286. The minimum absolute atomic E-state index is 0.0796. The number of rotatable bonds is 5. The molecule has 0 saturated carbocycles. The van der Waals surface area contributed by atoms with Crippen molar-refractivity contribution < 1.29 is 9.13 Å². The van der Waals surface area contributed by atoms with Crippen LogP contribution in [-0.4, -0.2) is 14.2 Å². The number of ether oxygens (including phenoxy) is 1. The highest BCUT2D eigenvalue weighted by Gasteiger charge is 2.18. The van der Waals surface area contributed by atoms with E-state index in [0.29, 0.717) is 12.0 Å². The Kier molecular flexibility index (Phi) is 4.96. The number of methoxy groups -OCH3 is 1. The van der Waals surface area contributed by atoms with E-state index in [1.165, 1.54) is 12.0 Å². The van der Waals surface area contributed by atoms with Gasteiger partial charge in [0.1, 0.15) is 0 Å². The van der Waals surface area contributed by atoms with Crippen LogP contribution in [0.2, 0.25) is 0 Å². The molecule has 0 fully saturated rings. The summed E-state index contributed by atoms with van der Waals surface area (Å²) >= 11 is 5.17. The number of nitrogens with one attached hydrogen (secondary N) is 1. The smallest absolute Gasteiger partial charge is 0.168 e. The van der Waals surface area contributed by atoms with Crippen molar-refractivity contribution in [3.63, 3.8) is 0 Å². The van der Waals surface area contributed by atoms with Crippen molar-refractivity contribution in [1.82, 2.24) is 5.32 Å². The van der Waals surface area contributed by atoms with Crippen molar-refractivity contribution in [3.05, 3.63) is 50.4 Å². The number of hydrogen-bond donors (Lipinski definition) is 1. The van der Waals surface area contributed by atoms with Crippen LogP contribution in [-0.2, 0) is 6.42 Å². The van der Waals surface area contributed by atoms with Crippen molar-refractivity contribution in [2.45, 2.75) is 12.5 Å². The van der Waals surface area contributed by atoms with Crippen LogP contribution in [0.15, 0.2) is 34.1 Å². The molecule has 1 aromatic carbocycles. The van der Waals surface area contributed by atoms with Gasteiger partial charge in [0.2, 0.25) is 0 Å². The van der Waals surface area contributed by atoms with Gasteiger partial charge in [0.15, 0.2) is 11.6 Å². The van der Waals surface area contributed by atoms with Crippen molar-refractivity contribution in [1.29, 1.82) is 0 Å². The summed E-state index contributed by atoms with van der Waals surface area (Å²) in [7, 11) is 3.36. The molecule has 1 unspecified atom stereocenters. The second-order valence-corrected chi connectivity index (χ2v) is 5.91. The monoisotopic (exact) mass is 343 g/mol. The molecule has 0 spiro atoms. The Hall–Kier alpha value is -0.910. The Morgan fingerprint density at radius 1 is 1.42 bits per heavy atom. The molecule has 2 rings (SSSR count). The van der Waals surface area contributed by atoms with Gasteiger partial charge in [-0.25, -0.2) is 4.39 Å². The molecule has 1 aromatic heterocycles. The average Bonchev–Trinajstić information content (AvgIpc) is 2.84. The molecule has 0 saturated heterocycles. The van der Waals surface area contributed by atoms with Gasteiger partial charge in [0.05, 0.1) is 7.11 Å². The predicted molar refractivity (Wildman–Crippen MR) is 80.5 cm³/mol. The molecule has 102 valence electrons. The SMILES string of the molecule is CNC(Cc1cccc(OC)c1F)c1sccc1Br. The second kappa shape index (κ2) is 6.50. The summed E-state index contributed by atoms with van der Waals surface area (Å²) in [6.07, 6.45) is 0.582. The number of hydrogen-bond acceptors (Lipinski definition) is 3. The molecule has 0 amide bonds. The number of likely N-dealkylation sites (N-methyl/N-ethyl adjacent to an activating group) is 1. The predicted octanol–water partition coefficient (Wildman–Crippen LogP) is 4.16. The van der Waals surface area contributed by atoms with E-state index in [4.69, 9.17) is 4.74 Å². The van der Waals surface area contributed by atoms with Crippen LogP contribution >= 0.6 is 27.3 Å². The fourth-order valence-corrected chi connectivity index (χ4v) is 3.73. The zero-order chi connectivity index (χ0) is 13.8. The van der Waals surface area contributed by atoms with Gasteiger partial charge < -0.3 is 10.1 Å². The molecular weight excluding hydrogens is 329 g/mol. The highest BCUT2D eigenvalue weighted by atomic mass is 79.9. The van der Waals surface area contributed by atoms with Crippen molar-refractivity contribution >= 4 is 27.3 Å². The molecule has 2 aromatic rings. The third-order valence-electron chi connectivity index (χ3n) is 3.00. The summed E-state index contributed by atoms with van der Waals surface area (Å²) in [5.41, 5.74) is 0.652. The Labute approximate surface area is 124 Å². The first kappa shape index (κ1) is 14.5. The summed E-state index contributed by atoms with van der Waals surface area (Å²) in [6, 6.07) is 7.33. The first-order chi connectivity index (χ1) is 9.17. The van der Waals surface area contributed by atoms with Crippen molar-refractivity contribution in [2.75, 3.05) is 14.2 Å². The third-order valence-corrected chi connectivity index (χ3v) is 4.98. The van der Waals surface area contributed by atoms with E-state index in [-0.39, 0.29) is 17.6 Å². The van der Waals surface area contributed by atoms with Crippen LogP contribution in [0.3, 0.4) is 0 Å². The van der Waals surface area contributed by atoms with Gasteiger partial charge in [-0.05, 0) is 52.5 Å². The molecule has 1 atom stereocenters. The lowest BCUT2D eigenvalue weighted by Gasteiger charge is -2.16. The maximum absolute atomic E-state index is 14.2. The van der Waals surface area contributed by atoms with E-state index in [9.17, 15) is 4.39 Å². The summed E-state index contributed by atoms with van der Waals surface area (Å²) in [5, 5.41) is 5.25. The normalized spacial score (nSPS) is 12.4. The quantitative estimate of drug-likeness (QED) is 0.879. The Morgan fingerprint density at radius 2 is 2.21 bits per heavy atom. The van der Waals surface area contributed by atoms with Gasteiger partial charge in [-0.15, -0.1) is 11.3 Å². The van der Waals surface area contributed by atoms with Gasteiger partial charge >= 0.3 is 0 Å². The van der Waals surface area contributed by atoms with Gasteiger partial charge in [0, 0.05) is 15.4 Å². The van der Waals surface area contributed by atoms with Crippen LogP contribution in [0.25, 0.3) is 0 Å². The standard InChI is InChI=1S/C14H15BrFNOS/c1-17-11(14-10(15)6-7-19-14)8-9-4-3-5-12(18-2)13(9)16/h3-7,11,17H,8H2,1-2H3. The minimum atomic E-state index is -0.280. The van der Waals surface area contributed by atoms with Gasteiger partial charge in [-0.1, -0.05) is 12.1 Å². The minimum Gasteiger partial charge on any atom is -0.494 e. The molecule has 5 heteroatoms. The van der Waals surface area contributed by atoms with Crippen LogP contribution in [0, 0.1) is 5.82 Å². The molecule has 19 heavy (non-hydrogen) atoms. The van der Waals surface area contributed by atoms with E-state index >= 15 is 0 Å².